The SMILES string of the molecule is O=C(O)C1CC1C(=O)Nc1ccccc1CCC(F)(F)F. The van der Waals surface area contributed by atoms with E-state index in [1.807, 2.05) is 0 Å². The number of benzene rings is 1. The fourth-order valence-corrected chi connectivity index (χ4v) is 2.12. The van der Waals surface area contributed by atoms with E-state index in [0.29, 0.717) is 11.3 Å². The van der Waals surface area contributed by atoms with Gasteiger partial charge >= 0.3 is 12.1 Å². The van der Waals surface area contributed by atoms with Gasteiger partial charge < -0.3 is 10.4 Å². The molecule has 21 heavy (non-hydrogen) atoms. The number of hydrogen-bond donors (Lipinski definition) is 2. The minimum absolute atomic E-state index is 0.229. The van der Waals surface area contributed by atoms with Gasteiger partial charge in [0.2, 0.25) is 5.91 Å². The first-order valence-electron chi connectivity index (χ1n) is 6.46. The summed E-state index contributed by atoms with van der Waals surface area (Å²) in [5, 5.41) is 11.3. The van der Waals surface area contributed by atoms with Crippen molar-refractivity contribution in [3.63, 3.8) is 0 Å². The van der Waals surface area contributed by atoms with E-state index >= 15 is 0 Å². The number of aryl methyl sites for hydroxylation is 1. The molecule has 1 fully saturated rings. The van der Waals surface area contributed by atoms with Crippen LogP contribution in [0.1, 0.15) is 18.4 Å². The number of alkyl halides is 3. The quantitative estimate of drug-likeness (QED) is 0.879. The normalized spacial score (nSPS) is 20.9. The van der Waals surface area contributed by atoms with Gasteiger partial charge in [-0.05, 0) is 24.5 Å². The number of hydrogen-bond acceptors (Lipinski definition) is 2. The highest BCUT2D eigenvalue weighted by atomic mass is 19.4. The lowest BCUT2D eigenvalue weighted by Gasteiger charge is -2.12. The number of amides is 1. The van der Waals surface area contributed by atoms with E-state index in [0.717, 1.165) is 0 Å². The maximum Gasteiger partial charge on any atom is 0.389 e. The molecule has 0 spiro atoms. The monoisotopic (exact) mass is 301 g/mol. The van der Waals surface area contributed by atoms with Crippen molar-refractivity contribution in [2.75, 3.05) is 5.32 Å². The van der Waals surface area contributed by atoms with Crippen molar-refractivity contribution in [2.24, 2.45) is 11.8 Å². The molecule has 1 aliphatic carbocycles. The third-order valence-corrected chi connectivity index (χ3v) is 3.40. The standard InChI is InChI=1S/C14H14F3NO3/c15-14(16,17)6-5-8-3-1-2-4-11(8)18-12(19)9-7-10(9)13(20)21/h1-4,9-10H,5-7H2,(H,18,19)(H,20,21). The molecule has 1 aliphatic rings. The van der Waals surface area contributed by atoms with Crippen LogP contribution in [-0.2, 0) is 16.0 Å². The van der Waals surface area contributed by atoms with Gasteiger partial charge in [0.05, 0.1) is 11.8 Å². The van der Waals surface area contributed by atoms with Crippen LogP contribution in [0.5, 0.6) is 0 Å². The summed E-state index contributed by atoms with van der Waals surface area (Å²) in [5.41, 5.74) is 0.693. The number of carbonyl (C=O) groups excluding carboxylic acids is 1. The van der Waals surface area contributed by atoms with Gasteiger partial charge in [-0.2, -0.15) is 13.2 Å². The van der Waals surface area contributed by atoms with Crippen molar-refractivity contribution in [1.82, 2.24) is 0 Å². The molecule has 2 rings (SSSR count). The Balaban J connectivity index is 2.00. The molecule has 2 atom stereocenters. The fourth-order valence-electron chi connectivity index (χ4n) is 2.12. The van der Waals surface area contributed by atoms with Gasteiger partial charge in [0.1, 0.15) is 0 Å². The number of halogens is 3. The molecule has 0 aliphatic heterocycles. The molecule has 2 N–H and O–H groups in total. The fraction of sp³-hybridized carbons (Fsp3) is 0.429. The Morgan fingerprint density at radius 3 is 2.48 bits per heavy atom. The van der Waals surface area contributed by atoms with Crippen LogP contribution < -0.4 is 5.32 Å². The van der Waals surface area contributed by atoms with Gasteiger partial charge in [-0.3, -0.25) is 9.59 Å². The molecular formula is C14H14F3NO3. The van der Waals surface area contributed by atoms with Crippen LogP contribution in [0.3, 0.4) is 0 Å². The summed E-state index contributed by atoms with van der Waals surface area (Å²) < 4.78 is 36.8. The molecular weight excluding hydrogens is 287 g/mol. The van der Waals surface area contributed by atoms with Crippen molar-refractivity contribution >= 4 is 17.6 Å². The molecule has 1 aromatic rings. The average molecular weight is 301 g/mol. The lowest BCUT2D eigenvalue weighted by atomic mass is 10.1. The Hall–Kier alpha value is -2.05. The smallest absolute Gasteiger partial charge is 0.389 e. The summed E-state index contributed by atoms with van der Waals surface area (Å²) in [5.74, 6) is -2.77. The molecule has 0 heterocycles. The van der Waals surface area contributed by atoms with E-state index in [4.69, 9.17) is 5.11 Å². The zero-order chi connectivity index (χ0) is 15.6. The number of carboxylic acids is 1. The summed E-state index contributed by atoms with van der Waals surface area (Å²) in [4.78, 5) is 22.5. The number of aliphatic carboxylic acids is 1. The predicted octanol–water partition coefficient (Wildman–Crippen LogP) is 2.84. The molecule has 1 aromatic carbocycles. The van der Waals surface area contributed by atoms with Crippen LogP contribution in [0.4, 0.5) is 18.9 Å². The lowest BCUT2D eigenvalue weighted by Crippen LogP contribution is -2.18. The second kappa shape index (κ2) is 5.75. The van der Waals surface area contributed by atoms with Crippen molar-refractivity contribution < 1.29 is 27.9 Å². The third-order valence-electron chi connectivity index (χ3n) is 3.40. The van der Waals surface area contributed by atoms with Gasteiger partial charge in [-0.15, -0.1) is 0 Å². The molecule has 114 valence electrons. The molecule has 1 saturated carbocycles. The van der Waals surface area contributed by atoms with Gasteiger partial charge in [0, 0.05) is 12.1 Å². The zero-order valence-corrected chi connectivity index (χ0v) is 11.0. The Kier molecular flexibility index (Phi) is 4.20. The Morgan fingerprint density at radius 2 is 1.90 bits per heavy atom. The Morgan fingerprint density at radius 1 is 1.24 bits per heavy atom. The number of carbonyl (C=O) groups is 2. The first kappa shape index (κ1) is 15.3. The third kappa shape index (κ3) is 4.21. The van der Waals surface area contributed by atoms with Crippen LogP contribution in [0.2, 0.25) is 0 Å². The second-order valence-corrected chi connectivity index (χ2v) is 5.05. The molecule has 0 bridgehead atoms. The highest BCUT2D eigenvalue weighted by molar-refractivity contribution is 5.98. The lowest BCUT2D eigenvalue weighted by molar-refractivity contribution is -0.139. The minimum Gasteiger partial charge on any atom is -0.481 e. The molecule has 2 unspecified atom stereocenters. The maximum atomic E-state index is 12.3. The van der Waals surface area contributed by atoms with E-state index in [2.05, 4.69) is 5.32 Å². The number of rotatable bonds is 5. The second-order valence-electron chi connectivity index (χ2n) is 5.05. The van der Waals surface area contributed by atoms with Crippen LogP contribution >= 0.6 is 0 Å². The Labute approximate surface area is 119 Å². The molecule has 4 nitrogen and oxygen atoms in total. The summed E-state index contributed by atoms with van der Waals surface area (Å²) in [6.07, 6.45) is -5.19. The highest BCUT2D eigenvalue weighted by Crippen LogP contribution is 2.39. The maximum absolute atomic E-state index is 12.3. The van der Waals surface area contributed by atoms with E-state index < -0.39 is 36.3 Å². The Bertz CT molecular complexity index is 557. The van der Waals surface area contributed by atoms with Crippen molar-refractivity contribution in [3.05, 3.63) is 29.8 Å². The predicted molar refractivity (Wildman–Crippen MR) is 68.7 cm³/mol. The summed E-state index contributed by atoms with van der Waals surface area (Å²) >= 11 is 0. The van der Waals surface area contributed by atoms with E-state index in [1.54, 1.807) is 12.1 Å². The van der Waals surface area contributed by atoms with E-state index in [9.17, 15) is 22.8 Å². The molecule has 7 heteroatoms. The number of carboxylic acid groups (broad SMARTS) is 1. The number of nitrogens with one attached hydrogen (secondary N) is 1. The first-order valence-corrected chi connectivity index (χ1v) is 6.46. The average Bonchev–Trinajstić information content (AvgIpc) is 3.17. The molecule has 0 radical (unpaired) electrons. The largest absolute Gasteiger partial charge is 0.481 e. The molecule has 1 amide bonds. The van der Waals surface area contributed by atoms with E-state index in [-0.39, 0.29) is 12.8 Å². The highest BCUT2D eigenvalue weighted by Gasteiger charge is 2.48. The van der Waals surface area contributed by atoms with Gasteiger partial charge in [-0.25, -0.2) is 0 Å². The van der Waals surface area contributed by atoms with Gasteiger partial charge in [0.25, 0.3) is 0 Å². The summed E-state index contributed by atoms with van der Waals surface area (Å²) in [7, 11) is 0. The first-order chi connectivity index (χ1) is 9.78. The summed E-state index contributed by atoms with van der Waals surface area (Å²) in [6, 6.07) is 6.23. The van der Waals surface area contributed by atoms with Gasteiger partial charge in [0.15, 0.2) is 0 Å². The topological polar surface area (TPSA) is 66.4 Å². The van der Waals surface area contributed by atoms with Gasteiger partial charge in [-0.1, -0.05) is 18.2 Å². The number of anilines is 1. The zero-order valence-electron chi connectivity index (χ0n) is 11.0. The molecule has 0 aromatic heterocycles. The minimum atomic E-state index is -4.26. The van der Waals surface area contributed by atoms with Crippen LogP contribution in [0, 0.1) is 11.8 Å². The van der Waals surface area contributed by atoms with Crippen LogP contribution in [0.25, 0.3) is 0 Å². The molecule has 0 saturated heterocycles. The van der Waals surface area contributed by atoms with Crippen LogP contribution in [0.15, 0.2) is 24.3 Å². The summed E-state index contributed by atoms with van der Waals surface area (Å²) in [6.45, 7) is 0. The van der Waals surface area contributed by atoms with Crippen molar-refractivity contribution in [3.8, 4) is 0 Å². The van der Waals surface area contributed by atoms with Crippen molar-refractivity contribution in [1.29, 1.82) is 0 Å². The van der Waals surface area contributed by atoms with Crippen molar-refractivity contribution in [2.45, 2.75) is 25.4 Å². The number of para-hydroxylation sites is 1. The van der Waals surface area contributed by atoms with E-state index in [1.165, 1.54) is 12.1 Å². The van der Waals surface area contributed by atoms with Crippen LogP contribution in [-0.4, -0.2) is 23.2 Å².